The highest BCUT2D eigenvalue weighted by Crippen LogP contribution is 2.44. The van der Waals surface area contributed by atoms with Gasteiger partial charge in [-0.05, 0) is 22.3 Å². The van der Waals surface area contributed by atoms with Crippen molar-refractivity contribution in [3.05, 3.63) is 77.6 Å². The predicted molar refractivity (Wildman–Crippen MR) is 113 cm³/mol. The van der Waals surface area contributed by atoms with Crippen molar-refractivity contribution in [1.82, 2.24) is 15.3 Å². The number of benzene rings is 2. The molecule has 156 valence electrons. The number of nitrogens with zero attached hydrogens (tertiary/aromatic N) is 3. The number of fused-ring (bicyclic) bond motifs is 3. The molecule has 8 nitrogen and oxygen atoms in total. The van der Waals surface area contributed by atoms with E-state index in [4.69, 9.17) is 9.84 Å². The quantitative estimate of drug-likeness (QED) is 0.659. The number of aromatic nitrogens is 2. The average molecular weight is 416 g/mol. The van der Waals surface area contributed by atoms with Crippen molar-refractivity contribution in [2.24, 2.45) is 0 Å². The second-order valence-electron chi connectivity index (χ2n) is 7.65. The van der Waals surface area contributed by atoms with E-state index in [1.165, 1.54) is 34.6 Å². The Kier molecular flexibility index (Phi) is 4.74. The van der Waals surface area contributed by atoms with Crippen LogP contribution in [0.5, 0.6) is 0 Å². The van der Waals surface area contributed by atoms with Crippen LogP contribution < -0.4 is 10.2 Å². The fourth-order valence-electron chi connectivity index (χ4n) is 4.13. The fraction of sp³-hybridized carbons (Fsp3) is 0.217. The number of amides is 1. The molecule has 1 aromatic heterocycles. The maximum Gasteiger partial charge on any atom is 0.407 e. The summed E-state index contributed by atoms with van der Waals surface area (Å²) in [4.78, 5) is 33.2. The number of aromatic carboxylic acids is 1. The van der Waals surface area contributed by atoms with E-state index in [-0.39, 0.29) is 24.1 Å². The average Bonchev–Trinajstić information content (AvgIpc) is 3.08. The van der Waals surface area contributed by atoms with Gasteiger partial charge in [0.05, 0.1) is 11.6 Å². The maximum atomic E-state index is 12.3. The van der Waals surface area contributed by atoms with E-state index in [0.717, 1.165) is 0 Å². The number of carboxylic acid groups (broad SMARTS) is 1. The lowest BCUT2D eigenvalue weighted by molar-refractivity contribution is 0.0695. The summed E-state index contributed by atoms with van der Waals surface area (Å²) in [6.45, 7) is 1.35. The molecule has 1 aliphatic carbocycles. The third-order valence-electron chi connectivity index (χ3n) is 5.72. The summed E-state index contributed by atoms with van der Waals surface area (Å²) in [6, 6.07) is 16.3. The molecule has 3 aromatic rings. The zero-order valence-corrected chi connectivity index (χ0v) is 16.6. The van der Waals surface area contributed by atoms with E-state index in [9.17, 15) is 9.59 Å². The maximum absolute atomic E-state index is 12.3. The Morgan fingerprint density at radius 3 is 2.16 bits per heavy atom. The van der Waals surface area contributed by atoms with Crippen molar-refractivity contribution in [2.45, 2.75) is 12.0 Å². The minimum atomic E-state index is -1.06. The minimum absolute atomic E-state index is 0.0252. The Morgan fingerprint density at radius 2 is 1.58 bits per heavy atom. The van der Waals surface area contributed by atoms with Gasteiger partial charge in [-0.2, -0.15) is 0 Å². The molecular weight excluding hydrogens is 396 g/mol. The van der Waals surface area contributed by atoms with Gasteiger partial charge in [-0.1, -0.05) is 48.5 Å². The standard InChI is InChI=1S/C23H20N4O4/c28-21(29)14-9-24-22(25-10-14)27-11-15(12-27)26-23(30)31-13-20-18-7-3-1-5-16(18)17-6-2-4-8-19(17)20/h1-10,15,20H,11-13H2,(H,26,30)(H,28,29). The molecule has 1 aliphatic heterocycles. The highest BCUT2D eigenvalue weighted by molar-refractivity contribution is 5.86. The Bertz CT molecular complexity index is 1100. The Labute approximate surface area is 178 Å². The molecule has 0 bridgehead atoms. The van der Waals surface area contributed by atoms with Crippen LogP contribution in [0.25, 0.3) is 11.1 Å². The fourth-order valence-corrected chi connectivity index (χ4v) is 4.13. The number of nitrogens with one attached hydrogen (secondary N) is 1. The molecule has 1 saturated heterocycles. The number of carboxylic acids is 1. The van der Waals surface area contributed by atoms with Gasteiger partial charge in [0.2, 0.25) is 5.95 Å². The molecule has 0 radical (unpaired) electrons. The van der Waals surface area contributed by atoms with Crippen LogP contribution in [-0.2, 0) is 4.74 Å². The molecule has 1 fully saturated rings. The first-order valence-electron chi connectivity index (χ1n) is 10.0. The third-order valence-corrected chi connectivity index (χ3v) is 5.72. The molecule has 2 heterocycles. The molecule has 0 spiro atoms. The molecule has 1 amide bonds. The summed E-state index contributed by atoms with van der Waals surface area (Å²) in [7, 11) is 0. The lowest BCUT2D eigenvalue weighted by Crippen LogP contribution is -2.60. The van der Waals surface area contributed by atoms with E-state index < -0.39 is 12.1 Å². The predicted octanol–water partition coefficient (Wildman–Crippen LogP) is 2.90. The van der Waals surface area contributed by atoms with Crippen LogP contribution in [0.1, 0.15) is 27.4 Å². The summed E-state index contributed by atoms with van der Waals surface area (Å²) in [5, 5.41) is 11.8. The van der Waals surface area contributed by atoms with Gasteiger partial charge < -0.3 is 20.1 Å². The number of hydrogen-bond donors (Lipinski definition) is 2. The number of alkyl carbamates (subject to hydrolysis) is 1. The lowest BCUT2D eigenvalue weighted by atomic mass is 9.98. The van der Waals surface area contributed by atoms with Gasteiger partial charge >= 0.3 is 12.1 Å². The SMILES string of the molecule is O=C(NC1CN(c2ncc(C(=O)O)cn2)C1)OCC1c2ccccc2-c2ccccc21. The van der Waals surface area contributed by atoms with Crippen molar-refractivity contribution in [3.8, 4) is 11.1 Å². The van der Waals surface area contributed by atoms with Crippen LogP contribution in [0.4, 0.5) is 10.7 Å². The molecular formula is C23H20N4O4. The first-order valence-corrected chi connectivity index (χ1v) is 10.0. The van der Waals surface area contributed by atoms with Gasteiger partial charge in [0.15, 0.2) is 0 Å². The lowest BCUT2D eigenvalue weighted by Gasteiger charge is -2.39. The van der Waals surface area contributed by atoms with Crippen LogP contribution in [0.15, 0.2) is 60.9 Å². The van der Waals surface area contributed by atoms with E-state index in [1.807, 2.05) is 29.2 Å². The Balaban J connectivity index is 1.15. The van der Waals surface area contributed by atoms with Crippen molar-refractivity contribution in [3.63, 3.8) is 0 Å². The van der Waals surface area contributed by atoms with Crippen LogP contribution in [0.3, 0.4) is 0 Å². The highest BCUT2D eigenvalue weighted by atomic mass is 16.5. The van der Waals surface area contributed by atoms with Crippen LogP contribution >= 0.6 is 0 Å². The molecule has 8 heteroatoms. The summed E-state index contributed by atoms with van der Waals surface area (Å²) < 4.78 is 5.56. The Hall–Kier alpha value is -3.94. The summed E-state index contributed by atoms with van der Waals surface area (Å²) in [5.41, 5.74) is 4.77. The molecule has 0 saturated carbocycles. The van der Waals surface area contributed by atoms with E-state index >= 15 is 0 Å². The van der Waals surface area contributed by atoms with Crippen LogP contribution in [0.2, 0.25) is 0 Å². The zero-order chi connectivity index (χ0) is 21.4. The van der Waals surface area contributed by atoms with Gasteiger partial charge in [0.1, 0.15) is 6.61 Å². The second kappa shape index (κ2) is 7.71. The molecule has 2 aliphatic rings. The third kappa shape index (κ3) is 3.56. The molecule has 2 N–H and O–H groups in total. The smallest absolute Gasteiger partial charge is 0.407 e. The monoisotopic (exact) mass is 416 g/mol. The number of rotatable bonds is 5. The van der Waals surface area contributed by atoms with E-state index in [2.05, 4.69) is 39.6 Å². The summed E-state index contributed by atoms with van der Waals surface area (Å²) in [6.07, 6.45) is 2.10. The first-order chi connectivity index (χ1) is 15.1. The topological polar surface area (TPSA) is 105 Å². The first kappa shape index (κ1) is 19.0. The van der Waals surface area contributed by atoms with Crippen LogP contribution in [-0.4, -0.2) is 52.9 Å². The van der Waals surface area contributed by atoms with Crippen molar-refractivity contribution >= 4 is 18.0 Å². The Morgan fingerprint density at radius 1 is 1.00 bits per heavy atom. The molecule has 0 atom stereocenters. The van der Waals surface area contributed by atoms with Gasteiger partial charge in [-0.25, -0.2) is 19.6 Å². The van der Waals surface area contributed by atoms with Gasteiger partial charge in [0.25, 0.3) is 0 Å². The normalized spacial score (nSPS) is 15.0. The van der Waals surface area contributed by atoms with Crippen molar-refractivity contribution in [1.29, 1.82) is 0 Å². The van der Waals surface area contributed by atoms with E-state index in [1.54, 1.807) is 0 Å². The largest absolute Gasteiger partial charge is 0.478 e. The zero-order valence-electron chi connectivity index (χ0n) is 16.6. The van der Waals surface area contributed by atoms with Crippen molar-refractivity contribution < 1.29 is 19.4 Å². The van der Waals surface area contributed by atoms with Gasteiger partial charge in [-0.3, -0.25) is 0 Å². The number of carbonyl (C=O) groups is 2. The second-order valence-corrected chi connectivity index (χ2v) is 7.65. The summed E-state index contributed by atoms with van der Waals surface area (Å²) >= 11 is 0. The number of anilines is 1. The van der Waals surface area contributed by atoms with Crippen LogP contribution in [0, 0.1) is 0 Å². The molecule has 5 rings (SSSR count). The van der Waals surface area contributed by atoms with Gasteiger partial charge in [-0.15, -0.1) is 0 Å². The van der Waals surface area contributed by atoms with Gasteiger partial charge in [0, 0.05) is 31.4 Å². The van der Waals surface area contributed by atoms with Crippen molar-refractivity contribution in [2.75, 3.05) is 24.6 Å². The van der Waals surface area contributed by atoms with E-state index in [0.29, 0.717) is 19.0 Å². The molecule has 0 unspecified atom stereocenters. The minimum Gasteiger partial charge on any atom is -0.478 e. The number of hydrogen-bond acceptors (Lipinski definition) is 6. The summed E-state index contributed by atoms with van der Waals surface area (Å²) in [5.74, 6) is -0.599. The number of ether oxygens (including phenoxy) is 1. The highest BCUT2D eigenvalue weighted by Gasteiger charge is 2.32. The molecule has 2 aromatic carbocycles. The number of carbonyl (C=O) groups excluding carboxylic acids is 1. The molecule has 31 heavy (non-hydrogen) atoms.